The molecule has 88 valence electrons. The zero-order valence-electron chi connectivity index (χ0n) is 9.35. The predicted molar refractivity (Wildman–Crippen MR) is 61.0 cm³/mol. The van der Waals surface area contributed by atoms with Gasteiger partial charge in [-0.1, -0.05) is 24.3 Å². The number of carboxylic acid groups (broad SMARTS) is 1. The summed E-state index contributed by atoms with van der Waals surface area (Å²) < 4.78 is 5.03. The van der Waals surface area contributed by atoms with Crippen LogP contribution in [0, 0.1) is 0 Å². The molecule has 0 radical (unpaired) electrons. The maximum atomic E-state index is 10.4. The van der Waals surface area contributed by atoms with Crippen molar-refractivity contribution < 1.29 is 14.6 Å². The highest BCUT2D eigenvalue weighted by atomic mass is 16.5. The Morgan fingerprint density at radius 1 is 1.56 bits per heavy atom. The molecule has 1 atom stereocenters. The normalized spacial score (nSPS) is 12.4. The van der Waals surface area contributed by atoms with E-state index in [0.29, 0.717) is 13.0 Å². The fourth-order valence-electron chi connectivity index (χ4n) is 1.53. The van der Waals surface area contributed by atoms with E-state index in [0.717, 1.165) is 11.1 Å². The van der Waals surface area contributed by atoms with Gasteiger partial charge in [-0.2, -0.15) is 0 Å². The molecule has 1 aromatic rings. The summed E-state index contributed by atoms with van der Waals surface area (Å²) in [6, 6.07) is 7.50. The van der Waals surface area contributed by atoms with Crippen LogP contribution in [0.4, 0.5) is 0 Å². The standard InChI is InChI=1S/C12H17NO3/c1-16-8-9-3-2-4-10(7-9)11(13)5-6-12(14)15/h2-4,7,11H,5-6,8,13H2,1H3,(H,14,15). The van der Waals surface area contributed by atoms with Crippen molar-refractivity contribution in [3.63, 3.8) is 0 Å². The highest BCUT2D eigenvalue weighted by Gasteiger charge is 2.08. The first-order valence-electron chi connectivity index (χ1n) is 5.18. The summed E-state index contributed by atoms with van der Waals surface area (Å²) in [7, 11) is 1.64. The molecule has 16 heavy (non-hydrogen) atoms. The summed E-state index contributed by atoms with van der Waals surface area (Å²) in [5.74, 6) is -0.816. The van der Waals surface area contributed by atoms with Gasteiger partial charge in [-0.05, 0) is 17.5 Å². The van der Waals surface area contributed by atoms with Crippen LogP contribution in [0.1, 0.15) is 30.0 Å². The summed E-state index contributed by atoms with van der Waals surface area (Å²) in [5.41, 5.74) is 7.91. The molecule has 0 fully saturated rings. The summed E-state index contributed by atoms with van der Waals surface area (Å²) in [4.78, 5) is 10.4. The topological polar surface area (TPSA) is 72.5 Å². The Morgan fingerprint density at radius 2 is 2.31 bits per heavy atom. The van der Waals surface area contributed by atoms with Gasteiger partial charge in [0.25, 0.3) is 0 Å². The molecule has 1 aromatic carbocycles. The monoisotopic (exact) mass is 223 g/mol. The molecule has 0 heterocycles. The van der Waals surface area contributed by atoms with Crippen LogP contribution >= 0.6 is 0 Å². The van der Waals surface area contributed by atoms with E-state index >= 15 is 0 Å². The van der Waals surface area contributed by atoms with Crippen LogP contribution in [0.5, 0.6) is 0 Å². The molecule has 4 nitrogen and oxygen atoms in total. The molecule has 0 spiro atoms. The van der Waals surface area contributed by atoms with E-state index in [1.54, 1.807) is 7.11 Å². The third kappa shape index (κ3) is 4.00. The van der Waals surface area contributed by atoms with E-state index in [2.05, 4.69) is 0 Å². The Morgan fingerprint density at radius 3 is 2.94 bits per heavy atom. The Bertz CT molecular complexity index is 352. The lowest BCUT2D eigenvalue weighted by molar-refractivity contribution is -0.137. The van der Waals surface area contributed by atoms with Gasteiger partial charge in [0.15, 0.2) is 0 Å². The molecule has 0 saturated carbocycles. The fourth-order valence-corrected chi connectivity index (χ4v) is 1.53. The first kappa shape index (κ1) is 12.7. The maximum absolute atomic E-state index is 10.4. The van der Waals surface area contributed by atoms with Gasteiger partial charge >= 0.3 is 5.97 Å². The van der Waals surface area contributed by atoms with Gasteiger partial charge in [0.05, 0.1) is 6.61 Å². The van der Waals surface area contributed by atoms with Crippen molar-refractivity contribution in [3.8, 4) is 0 Å². The van der Waals surface area contributed by atoms with E-state index in [4.69, 9.17) is 15.6 Å². The summed E-state index contributed by atoms with van der Waals surface area (Å²) in [5, 5.41) is 8.57. The van der Waals surface area contributed by atoms with Crippen molar-refractivity contribution in [2.45, 2.75) is 25.5 Å². The number of ether oxygens (including phenoxy) is 1. The molecule has 0 aliphatic rings. The van der Waals surface area contributed by atoms with Crippen LogP contribution in [-0.4, -0.2) is 18.2 Å². The first-order valence-corrected chi connectivity index (χ1v) is 5.18. The summed E-state index contributed by atoms with van der Waals surface area (Å²) in [6.07, 6.45) is 0.543. The van der Waals surface area contributed by atoms with Crippen LogP contribution in [-0.2, 0) is 16.1 Å². The lowest BCUT2D eigenvalue weighted by Gasteiger charge is -2.11. The van der Waals surface area contributed by atoms with Crippen molar-refractivity contribution in [1.29, 1.82) is 0 Å². The number of methoxy groups -OCH3 is 1. The smallest absolute Gasteiger partial charge is 0.303 e. The van der Waals surface area contributed by atoms with Gasteiger partial charge in [-0.3, -0.25) is 4.79 Å². The van der Waals surface area contributed by atoms with Gasteiger partial charge in [0, 0.05) is 19.6 Å². The molecular weight excluding hydrogens is 206 g/mol. The highest BCUT2D eigenvalue weighted by molar-refractivity contribution is 5.66. The van der Waals surface area contributed by atoms with E-state index < -0.39 is 5.97 Å². The van der Waals surface area contributed by atoms with Gasteiger partial charge in [0.2, 0.25) is 0 Å². The van der Waals surface area contributed by atoms with Crippen LogP contribution < -0.4 is 5.73 Å². The minimum atomic E-state index is -0.816. The predicted octanol–water partition coefficient (Wildman–Crippen LogP) is 1.70. The van der Waals surface area contributed by atoms with Gasteiger partial charge < -0.3 is 15.6 Å². The number of carbonyl (C=O) groups is 1. The third-order valence-corrected chi connectivity index (χ3v) is 2.36. The van der Waals surface area contributed by atoms with Gasteiger partial charge in [-0.15, -0.1) is 0 Å². The second-order valence-electron chi connectivity index (χ2n) is 3.72. The van der Waals surface area contributed by atoms with Crippen molar-refractivity contribution in [1.82, 2.24) is 0 Å². The van der Waals surface area contributed by atoms with Crippen LogP contribution in [0.15, 0.2) is 24.3 Å². The molecule has 0 bridgehead atoms. The second kappa shape index (κ2) is 6.25. The van der Waals surface area contributed by atoms with Crippen molar-refractivity contribution in [2.75, 3.05) is 7.11 Å². The van der Waals surface area contributed by atoms with Crippen LogP contribution in [0.2, 0.25) is 0 Å². The number of aliphatic carboxylic acids is 1. The van der Waals surface area contributed by atoms with Crippen molar-refractivity contribution in [2.24, 2.45) is 5.73 Å². The van der Waals surface area contributed by atoms with Crippen LogP contribution in [0.3, 0.4) is 0 Å². The number of hydrogen-bond acceptors (Lipinski definition) is 3. The van der Waals surface area contributed by atoms with Crippen molar-refractivity contribution in [3.05, 3.63) is 35.4 Å². The molecule has 3 N–H and O–H groups in total. The van der Waals surface area contributed by atoms with E-state index in [-0.39, 0.29) is 12.5 Å². The Kier molecular flexibility index (Phi) is 4.95. The zero-order chi connectivity index (χ0) is 12.0. The number of nitrogens with two attached hydrogens (primary N) is 1. The molecular formula is C12H17NO3. The van der Waals surface area contributed by atoms with Crippen LogP contribution in [0.25, 0.3) is 0 Å². The van der Waals surface area contributed by atoms with Crippen molar-refractivity contribution >= 4 is 5.97 Å². The van der Waals surface area contributed by atoms with E-state index in [1.807, 2.05) is 24.3 Å². The quantitative estimate of drug-likeness (QED) is 0.769. The molecule has 1 rings (SSSR count). The van der Waals surface area contributed by atoms with E-state index in [9.17, 15) is 4.79 Å². The number of carboxylic acids is 1. The SMILES string of the molecule is COCc1cccc(C(N)CCC(=O)O)c1. The Balaban J connectivity index is 2.63. The first-order chi connectivity index (χ1) is 7.63. The molecule has 0 amide bonds. The third-order valence-electron chi connectivity index (χ3n) is 2.36. The molecule has 0 aliphatic heterocycles. The highest BCUT2D eigenvalue weighted by Crippen LogP contribution is 2.17. The molecule has 1 unspecified atom stereocenters. The molecule has 4 heteroatoms. The zero-order valence-corrected chi connectivity index (χ0v) is 9.35. The lowest BCUT2D eigenvalue weighted by atomic mass is 10.0. The number of benzene rings is 1. The number of rotatable bonds is 6. The second-order valence-corrected chi connectivity index (χ2v) is 3.72. The maximum Gasteiger partial charge on any atom is 0.303 e. The largest absolute Gasteiger partial charge is 0.481 e. The van der Waals surface area contributed by atoms with Gasteiger partial charge in [-0.25, -0.2) is 0 Å². The minimum Gasteiger partial charge on any atom is -0.481 e. The molecule has 0 saturated heterocycles. The Hall–Kier alpha value is -1.39. The Labute approximate surface area is 95.0 Å². The van der Waals surface area contributed by atoms with Gasteiger partial charge in [0.1, 0.15) is 0 Å². The fraction of sp³-hybridized carbons (Fsp3) is 0.417. The minimum absolute atomic E-state index is 0.0929. The average molecular weight is 223 g/mol. The average Bonchev–Trinajstić information content (AvgIpc) is 2.26. The van der Waals surface area contributed by atoms with E-state index in [1.165, 1.54) is 0 Å². The summed E-state index contributed by atoms with van der Waals surface area (Å²) >= 11 is 0. The summed E-state index contributed by atoms with van der Waals surface area (Å²) in [6.45, 7) is 0.541. The lowest BCUT2D eigenvalue weighted by Crippen LogP contribution is -2.12. The number of hydrogen-bond donors (Lipinski definition) is 2. The molecule has 0 aliphatic carbocycles. The molecule has 0 aromatic heterocycles.